The third-order valence-corrected chi connectivity index (χ3v) is 8.28. The van der Waals surface area contributed by atoms with Crippen LogP contribution in [-0.4, -0.2) is 29.0 Å². The number of rotatable bonds is 5. The molecule has 1 aromatic carbocycles. The normalized spacial score (nSPS) is 17.3. The Balaban J connectivity index is 1.27. The van der Waals surface area contributed by atoms with Gasteiger partial charge in [0.2, 0.25) is 0 Å². The summed E-state index contributed by atoms with van der Waals surface area (Å²) in [5.74, 6) is 3.04. The quantitative estimate of drug-likeness (QED) is 0.811. The number of carbonyl (C=O) groups is 1. The van der Waals surface area contributed by atoms with Gasteiger partial charge in [0.1, 0.15) is 5.75 Å². The molecule has 1 aromatic heterocycles. The van der Waals surface area contributed by atoms with Gasteiger partial charge in [0.25, 0.3) is 5.91 Å². The van der Waals surface area contributed by atoms with Crippen molar-refractivity contribution in [3.63, 3.8) is 0 Å². The van der Waals surface area contributed by atoms with Gasteiger partial charge >= 0.3 is 0 Å². The molecule has 25 heavy (non-hydrogen) atoms. The van der Waals surface area contributed by atoms with E-state index in [-0.39, 0.29) is 12.5 Å². The Hall–Kier alpha value is -1.18. The molecule has 0 saturated carbocycles. The van der Waals surface area contributed by atoms with Gasteiger partial charge in [-0.3, -0.25) is 10.1 Å². The summed E-state index contributed by atoms with van der Waals surface area (Å²) < 4.78 is 6.14. The monoisotopic (exact) mass is 392 g/mol. The number of benzene rings is 1. The van der Waals surface area contributed by atoms with E-state index in [9.17, 15) is 4.79 Å². The van der Waals surface area contributed by atoms with E-state index < -0.39 is 0 Å². The third kappa shape index (κ3) is 4.33. The number of hydrogen-bond donors (Lipinski definition) is 1. The molecule has 4 nitrogen and oxygen atoms in total. The van der Waals surface area contributed by atoms with E-state index in [1.165, 1.54) is 34.8 Å². The highest BCUT2D eigenvalue weighted by molar-refractivity contribution is 8.16. The molecule has 0 spiro atoms. The van der Waals surface area contributed by atoms with Gasteiger partial charge in [0, 0.05) is 4.88 Å². The first kappa shape index (κ1) is 17.2. The van der Waals surface area contributed by atoms with Gasteiger partial charge in [-0.05, 0) is 54.9 Å². The van der Waals surface area contributed by atoms with Crippen molar-refractivity contribution in [1.29, 1.82) is 0 Å². The van der Waals surface area contributed by atoms with Gasteiger partial charge < -0.3 is 4.74 Å². The lowest BCUT2D eigenvalue weighted by Gasteiger charge is -2.21. The van der Waals surface area contributed by atoms with E-state index in [1.54, 1.807) is 11.3 Å². The second-order valence-electron chi connectivity index (χ2n) is 6.08. The fourth-order valence-electron chi connectivity index (χ4n) is 2.95. The minimum atomic E-state index is -0.158. The van der Waals surface area contributed by atoms with Gasteiger partial charge in [-0.2, -0.15) is 0 Å². The van der Waals surface area contributed by atoms with Gasteiger partial charge in [-0.15, -0.1) is 34.9 Å². The number of nitrogens with one attached hydrogen (secondary N) is 1. The van der Waals surface area contributed by atoms with Crippen molar-refractivity contribution in [2.75, 3.05) is 23.4 Å². The highest BCUT2D eigenvalue weighted by atomic mass is 32.2. The number of thioether (sulfide) groups is 2. The number of carbonyl (C=O) groups excluding carboxylic acids is 1. The molecule has 4 rings (SSSR count). The summed E-state index contributed by atoms with van der Waals surface area (Å²) in [7, 11) is 0. The number of anilines is 1. The highest BCUT2D eigenvalue weighted by Crippen LogP contribution is 2.43. The lowest BCUT2D eigenvalue weighted by molar-refractivity contribution is -0.118. The average molecular weight is 393 g/mol. The van der Waals surface area contributed by atoms with Crippen LogP contribution in [0.3, 0.4) is 0 Å². The fourth-order valence-corrected chi connectivity index (χ4v) is 6.91. The number of hydrogen-bond acceptors (Lipinski definition) is 6. The maximum absolute atomic E-state index is 12.1. The molecule has 1 N–H and O–H groups in total. The van der Waals surface area contributed by atoms with Crippen LogP contribution in [0.15, 0.2) is 24.3 Å². The van der Waals surface area contributed by atoms with Crippen molar-refractivity contribution in [2.45, 2.75) is 30.3 Å². The predicted molar refractivity (Wildman–Crippen MR) is 107 cm³/mol. The molecule has 0 atom stereocenters. The molecule has 2 aliphatic rings. The highest BCUT2D eigenvalue weighted by Gasteiger charge is 2.18. The lowest BCUT2D eigenvalue weighted by atomic mass is 10.2. The third-order valence-electron chi connectivity index (χ3n) is 4.19. The Labute approximate surface area is 160 Å². The zero-order valence-electron chi connectivity index (χ0n) is 13.8. The smallest absolute Gasteiger partial charge is 0.264 e. The van der Waals surface area contributed by atoms with Gasteiger partial charge in [0.15, 0.2) is 11.7 Å². The molecular formula is C18H20N2O2S3. The molecule has 1 aliphatic carbocycles. The summed E-state index contributed by atoms with van der Waals surface area (Å²) >= 11 is 5.59. The van der Waals surface area contributed by atoms with Crippen molar-refractivity contribution < 1.29 is 9.53 Å². The maximum Gasteiger partial charge on any atom is 0.264 e. The average Bonchev–Trinajstić information content (AvgIpc) is 3.23. The molecule has 1 fully saturated rings. The standard InChI is InChI=1S/C18H20N2O2S3/c21-16(20-18-19-14-3-1-4-15(14)25-18)11-22-13-7-5-12(6-8-13)17-23-9-2-10-24-17/h5-8,17H,1-4,9-11H2,(H,19,20,21). The van der Waals surface area contributed by atoms with Crippen molar-refractivity contribution >= 4 is 45.9 Å². The minimum Gasteiger partial charge on any atom is -0.484 e. The van der Waals surface area contributed by atoms with Gasteiger partial charge in [-0.25, -0.2) is 4.98 Å². The SMILES string of the molecule is O=C(COc1ccc(C2SCCCS2)cc1)Nc1nc2c(s1)CCC2. The number of nitrogens with zero attached hydrogens (tertiary/aromatic N) is 1. The molecule has 1 aliphatic heterocycles. The first-order valence-electron chi connectivity index (χ1n) is 8.52. The maximum atomic E-state index is 12.1. The zero-order chi connectivity index (χ0) is 17.1. The first-order valence-corrected chi connectivity index (χ1v) is 11.4. The Morgan fingerprint density at radius 2 is 1.96 bits per heavy atom. The molecule has 0 radical (unpaired) electrons. The summed E-state index contributed by atoms with van der Waals surface area (Å²) in [6.07, 6.45) is 4.59. The molecule has 7 heteroatoms. The number of aromatic nitrogens is 1. The molecule has 2 heterocycles. The molecular weight excluding hydrogens is 372 g/mol. The van der Waals surface area contributed by atoms with Gasteiger partial charge in [-0.1, -0.05) is 12.1 Å². The van der Waals surface area contributed by atoms with Crippen LogP contribution in [0.4, 0.5) is 5.13 Å². The largest absolute Gasteiger partial charge is 0.484 e. The van der Waals surface area contributed by atoms with Crippen LogP contribution in [0.2, 0.25) is 0 Å². The van der Waals surface area contributed by atoms with Crippen LogP contribution in [0.5, 0.6) is 5.75 Å². The van der Waals surface area contributed by atoms with E-state index in [0.29, 0.717) is 9.71 Å². The molecule has 0 unspecified atom stereocenters. The van der Waals surface area contributed by atoms with Crippen LogP contribution in [0, 0.1) is 0 Å². The molecule has 2 aromatic rings. The number of amides is 1. The molecule has 1 amide bonds. The Bertz CT molecular complexity index is 718. The topological polar surface area (TPSA) is 51.2 Å². The predicted octanol–water partition coefficient (Wildman–Crippen LogP) is 4.52. The van der Waals surface area contributed by atoms with Crippen molar-refractivity contribution in [3.8, 4) is 5.75 Å². The summed E-state index contributed by atoms with van der Waals surface area (Å²) in [5, 5.41) is 3.54. The van der Waals surface area contributed by atoms with Crippen LogP contribution in [0.1, 0.15) is 33.6 Å². The number of fused-ring (bicyclic) bond motifs is 1. The Morgan fingerprint density at radius 1 is 1.16 bits per heavy atom. The second-order valence-corrected chi connectivity index (χ2v) is 9.88. The van der Waals surface area contributed by atoms with Crippen molar-refractivity contribution in [1.82, 2.24) is 4.98 Å². The van der Waals surface area contributed by atoms with E-state index in [0.717, 1.165) is 24.3 Å². The Kier molecular flexibility index (Phi) is 5.53. The van der Waals surface area contributed by atoms with Crippen LogP contribution >= 0.6 is 34.9 Å². The van der Waals surface area contributed by atoms with E-state index in [2.05, 4.69) is 22.4 Å². The first-order chi connectivity index (χ1) is 12.3. The number of thiazole rings is 1. The Morgan fingerprint density at radius 3 is 2.72 bits per heavy atom. The summed E-state index contributed by atoms with van der Waals surface area (Å²) in [6.45, 7) is 0.0104. The lowest BCUT2D eigenvalue weighted by Crippen LogP contribution is -2.20. The van der Waals surface area contributed by atoms with Crippen molar-refractivity contribution in [2.24, 2.45) is 0 Å². The molecule has 1 saturated heterocycles. The van der Waals surface area contributed by atoms with Crippen LogP contribution < -0.4 is 10.1 Å². The fraction of sp³-hybridized carbons (Fsp3) is 0.444. The molecule has 0 bridgehead atoms. The van der Waals surface area contributed by atoms with Crippen LogP contribution in [0.25, 0.3) is 0 Å². The van der Waals surface area contributed by atoms with Gasteiger partial charge in [0.05, 0.1) is 10.3 Å². The van der Waals surface area contributed by atoms with E-state index in [4.69, 9.17) is 4.74 Å². The number of aryl methyl sites for hydroxylation is 2. The summed E-state index contributed by atoms with van der Waals surface area (Å²) in [4.78, 5) is 17.8. The van der Waals surface area contributed by atoms with Crippen LogP contribution in [-0.2, 0) is 17.6 Å². The van der Waals surface area contributed by atoms with E-state index in [1.807, 2.05) is 35.7 Å². The summed E-state index contributed by atoms with van der Waals surface area (Å²) in [5.41, 5.74) is 2.47. The number of ether oxygens (including phenoxy) is 1. The minimum absolute atomic E-state index is 0.0104. The summed E-state index contributed by atoms with van der Waals surface area (Å²) in [6, 6.07) is 8.12. The second kappa shape index (κ2) is 8.01. The molecule has 132 valence electrons. The van der Waals surface area contributed by atoms with Crippen molar-refractivity contribution in [3.05, 3.63) is 40.4 Å². The van der Waals surface area contributed by atoms with E-state index >= 15 is 0 Å². The zero-order valence-corrected chi connectivity index (χ0v) is 16.3.